The molecule has 0 amide bonds. The molecule has 0 N–H and O–H groups in total. The van der Waals surface area contributed by atoms with Crippen molar-refractivity contribution in [2.24, 2.45) is 0 Å². The Kier molecular flexibility index (Phi) is 5.35. The highest BCUT2D eigenvalue weighted by Gasteiger charge is 2.24. The van der Waals surface area contributed by atoms with Crippen molar-refractivity contribution in [3.8, 4) is 0 Å². The third-order valence-corrected chi connectivity index (χ3v) is 5.41. The lowest BCUT2D eigenvalue weighted by Gasteiger charge is -2.37. The molecule has 1 aromatic heterocycles. The van der Waals surface area contributed by atoms with E-state index >= 15 is 0 Å². The monoisotopic (exact) mass is 395 g/mol. The highest BCUT2D eigenvalue weighted by atomic mass is 35.5. The molecule has 1 fully saturated rings. The normalized spacial score (nSPS) is 14.4. The summed E-state index contributed by atoms with van der Waals surface area (Å²) in [6.07, 6.45) is 0.662. The molecular weight excluding hydrogens is 374 g/mol. The second kappa shape index (κ2) is 8.07. The number of aromatic nitrogens is 1. The molecule has 0 radical (unpaired) electrons. The fourth-order valence-electron chi connectivity index (χ4n) is 3.70. The standard InChI is InChI=1S/C22H22ClN3O2/c1-16-20(14-17-6-3-2-4-7-17)21(22(27)28-24-16)26-12-10-25(11-13-26)19-9-5-8-18(23)15-19/h2-9,15H,10-14H2,1H3. The van der Waals surface area contributed by atoms with Crippen LogP contribution in [0.25, 0.3) is 0 Å². The van der Waals surface area contributed by atoms with Gasteiger partial charge in [-0.05, 0) is 30.7 Å². The number of nitrogens with zero attached hydrogens (tertiary/aromatic N) is 3. The molecule has 3 aromatic rings. The summed E-state index contributed by atoms with van der Waals surface area (Å²) >= 11 is 6.13. The largest absolute Gasteiger partial charge is 0.382 e. The van der Waals surface area contributed by atoms with E-state index in [1.807, 2.05) is 43.3 Å². The number of benzene rings is 2. The first-order chi connectivity index (χ1) is 13.6. The van der Waals surface area contributed by atoms with Crippen LogP contribution in [-0.2, 0) is 6.42 Å². The Morgan fingerprint density at radius 1 is 1.00 bits per heavy atom. The van der Waals surface area contributed by atoms with Gasteiger partial charge in [0.25, 0.3) is 0 Å². The van der Waals surface area contributed by atoms with E-state index in [0.717, 1.165) is 53.7 Å². The van der Waals surface area contributed by atoms with Crippen molar-refractivity contribution < 1.29 is 4.52 Å². The maximum Gasteiger partial charge on any atom is 0.382 e. The van der Waals surface area contributed by atoms with Gasteiger partial charge >= 0.3 is 5.63 Å². The van der Waals surface area contributed by atoms with E-state index in [1.165, 1.54) is 0 Å². The van der Waals surface area contributed by atoms with Gasteiger partial charge in [-0.25, -0.2) is 4.79 Å². The second-order valence-corrected chi connectivity index (χ2v) is 7.44. The molecular formula is C22H22ClN3O2. The fourth-order valence-corrected chi connectivity index (χ4v) is 3.88. The van der Waals surface area contributed by atoms with Gasteiger partial charge in [0.15, 0.2) is 0 Å². The molecule has 0 saturated carbocycles. The molecule has 0 aliphatic carbocycles. The highest BCUT2D eigenvalue weighted by molar-refractivity contribution is 6.30. The second-order valence-electron chi connectivity index (χ2n) is 7.00. The molecule has 1 aliphatic heterocycles. The van der Waals surface area contributed by atoms with E-state index in [-0.39, 0.29) is 5.63 Å². The van der Waals surface area contributed by atoms with Gasteiger partial charge in [0, 0.05) is 48.9 Å². The van der Waals surface area contributed by atoms with Crippen molar-refractivity contribution >= 4 is 23.0 Å². The molecule has 28 heavy (non-hydrogen) atoms. The van der Waals surface area contributed by atoms with Crippen molar-refractivity contribution in [1.82, 2.24) is 5.16 Å². The Hall–Kier alpha value is -2.79. The molecule has 144 valence electrons. The molecule has 4 rings (SSSR count). The third-order valence-electron chi connectivity index (χ3n) is 5.17. The van der Waals surface area contributed by atoms with E-state index in [9.17, 15) is 4.79 Å². The number of halogens is 1. The Labute approximate surface area is 169 Å². The minimum Gasteiger partial charge on any atom is -0.368 e. The van der Waals surface area contributed by atoms with Crippen molar-refractivity contribution in [1.29, 1.82) is 0 Å². The Morgan fingerprint density at radius 3 is 2.43 bits per heavy atom. The predicted octanol–water partition coefficient (Wildman–Crippen LogP) is 3.91. The lowest BCUT2D eigenvalue weighted by Crippen LogP contribution is -2.48. The molecule has 2 aromatic carbocycles. The summed E-state index contributed by atoms with van der Waals surface area (Å²) in [6.45, 7) is 5.00. The van der Waals surface area contributed by atoms with Gasteiger partial charge < -0.3 is 14.3 Å². The van der Waals surface area contributed by atoms with E-state index in [4.69, 9.17) is 16.1 Å². The number of piperazine rings is 1. The summed E-state index contributed by atoms with van der Waals surface area (Å²) in [6, 6.07) is 18.0. The fraction of sp³-hybridized carbons (Fsp3) is 0.273. The Bertz CT molecular complexity index is 1010. The number of rotatable bonds is 4. The summed E-state index contributed by atoms with van der Waals surface area (Å²) in [5.41, 5.74) is 4.23. The van der Waals surface area contributed by atoms with Crippen LogP contribution in [0.15, 0.2) is 63.9 Å². The Balaban J connectivity index is 1.58. The van der Waals surface area contributed by atoms with Crippen LogP contribution in [0.4, 0.5) is 11.4 Å². The summed E-state index contributed by atoms with van der Waals surface area (Å²) < 4.78 is 5.07. The first kappa shape index (κ1) is 18.6. The van der Waals surface area contributed by atoms with Gasteiger partial charge in [-0.1, -0.05) is 53.2 Å². The Morgan fingerprint density at radius 2 is 1.71 bits per heavy atom. The maximum atomic E-state index is 12.6. The van der Waals surface area contributed by atoms with Crippen molar-refractivity contribution in [3.63, 3.8) is 0 Å². The number of hydrogen-bond donors (Lipinski definition) is 0. The zero-order valence-electron chi connectivity index (χ0n) is 15.8. The van der Waals surface area contributed by atoms with Crippen molar-refractivity contribution in [2.75, 3.05) is 36.0 Å². The van der Waals surface area contributed by atoms with Crippen molar-refractivity contribution in [3.05, 3.63) is 86.9 Å². The smallest absolute Gasteiger partial charge is 0.368 e. The van der Waals surface area contributed by atoms with Crippen LogP contribution in [0.5, 0.6) is 0 Å². The third kappa shape index (κ3) is 3.90. The van der Waals surface area contributed by atoms with Crippen LogP contribution in [0.3, 0.4) is 0 Å². The lowest BCUT2D eigenvalue weighted by molar-refractivity contribution is 0.360. The minimum atomic E-state index is -0.368. The highest BCUT2D eigenvalue weighted by Crippen LogP contribution is 2.25. The van der Waals surface area contributed by atoms with Crippen LogP contribution in [-0.4, -0.2) is 31.3 Å². The topological polar surface area (TPSA) is 49.6 Å². The predicted molar refractivity (Wildman–Crippen MR) is 113 cm³/mol. The summed E-state index contributed by atoms with van der Waals surface area (Å²) in [4.78, 5) is 17.0. The first-order valence-electron chi connectivity index (χ1n) is 9.40. The van der Waals surface area contributed by atoms with E-state index in [0.29, 0.717) is 12.1 Å². The molecule has 0 unspecified atom stereocenters. The van der Waals surface area contributed by atoms with Crippen LogP contribution in [0.2, 0.25) is 5.02 Å². The zero-order chi connectivity index (χ0) is 19.5. The average Bonchev–Trinajstić information content (AvgIpc) is 2.72. The molecule has 5 nitrogen and oxygen atoms in total. The summed E-state index contributed by atoms with van der Waals surface area (Å²) in [5.74, 6) is 0. The van der Waals surface area contributed by atoms with Crippen LogP contribution >= 0.6 is 11.6 Å². The molecule has 0 bridgehead atoms. The van der Waals surface area contributed by atoms with Crippen LogP contribution < -0.4 is 15.4 Å². The van der Waals surface area contributed by atoms with E-state index in [1.54, 1.807) is 0 Å². The van der Waals surface area contributed by atoms with Gasteiger partial charge in [0.1, 0.15) is 5.69 Å². The molecule has 6 heteroatoms. The van der Waals surface area contributed by atoms with Crippen molar-refractivity contribution in [2.45, 2.75) is 13.3 Å². The van der Waals surface area contributed by atoms with Gasteiger partial charge in [0.05, 0.1) is 5.69 Å². The number of hydrogen-bond acceptors (Lipinski definition) is 5. The SMILES string of the molecule is Cc1noc(=O)c(N2CCN(c3cccc(Cl)c3)CC2)c1Cc1ccccc1. The van der Waals surface area contributed by atoms with E-state index < -0.39 is 0 Å². The molecule has 2 heterocycles. The van der Waals surface area contributed by atoms with Crippen LogP contribution in [0.1, 0.15) is 16.8 Å². The molecule has 0 spiro atoms. The number of anilines is 2. The lowest BCUT2D eigenvalue weighted by atomic mass is 10.0. The minimum absolute atomic E-state index is 0.368. The maximum absolute atomic E-state index is 12.6. The zero-order valence-corrected chi connectivity index (χ0v) is 16.5. The van der Waals surface area contributed by atoms with Crippen LogP contribution in [0, 0.1) is 6.92 Å². The van der Waals surface area contributed by atoms with E-state index in [2.05, 4.69) is 33.2 Å². The molecule has 1 saturated heterocycles. The van der Waals surface area contributed by atoms with Gasteiger partial charge in [0.2, 0.25) is 0 Å². The number of aryl methyl sites for hydroxylation is 1. The van der Waals surface area contributed by atoms with Gasteiger partial charge in [-0.15, -0.1) is 0 Å². The summed E-state index contributed by atoms with van der Waals surface area (Å²) in [7, 11) is 0. The van der Waals surface area contributed by atoms with Gasteiger partial charge in [-0.2, -0.15) is 0 Å². The molecule has 0 atom stereocenters. The quantitative estimate of drug-likeness (QED) is 0.670. The van der Waals surface area contributed by atoms with Gasteiger partial charge in [-0.3, -0.25) is 0 Å². The summed E-state index contributed by atoms with van der Waals surface area (Å²) in [5, 5.41) is 4.70. The first-order valence-corrected chi connectivity index (χ1v) is 9.78. The molecule has 1 aliphatic rings. The average molecular weight is 396 g/mol.